The fourth-order valence-corrected chi connectivity index (χ4v) is 3.84. The normalized spacial score (nSPS) is 39.3. The zero-order valence-electron chi connectivity index (χ0n) is 13.6. The average molecular weight is 268 g/mol. The summed E-state index contributed by atoms with van der Waals surface area (Å²) in [4.78, 5) is 2.77. The van der Waals surface area contributed by atoms with Gasteiger partial charge in [0, 0.05) is 43.2 Å². The quantitative estimate of drug-likeness (QED) is 0.848. The number of piperazine rings is 1. The van der Waals surface area contributed by atoms with Crippen molar-refractivity contribution < 1.29 is 4.74 Å². The Kier molecular flexibility index (Phi) is 4.59. The molecule has 3 heteroatoms. The van der Waals surface area contributed by atoms with Gasteiger partial charge in [-0.25, -0.2) is 0 Å². The highest BCUT2D eigenvalue weighted by molar-refractivity contribution is 5.06. The molecule has 2 aliphatic rings. The maximum Gasteiger partial charge on any atom is 0.0655 e. The third-order valence-electron chi connectivity index (χ3n) is 5.25. The summed E-state index contributed by atoms with van der Waals surface area (Å²) in [5.74, 6) is 0.710. The zero-order chi connectivity index (χ0) is 14.2. The molecule has 1 aliphatic carbocycles. The van der Waals surface area contributed by atoms with Gasteiger partial charge >= 0.3 is 0 Å². The van der Waals surface area contributed by atoms with Crippen LogP contribution in [0, 0.1) is 11.3 Å². The second-order valence-corrected chi connectivity index (χ2v) is 7.33. The number of ether oxygens (including phenoxy) is 1. The van der Waals surface area contributed by atoms with E-state index in [4.69, 9.17) is 4.74 Å². The molecule has 0 aromatic heterocycles. The van der Waals surface area contributed by atoms with Gasteiger partial charge in [-0.3, -0.25) is 4.90 Å². The lowest BCUT2D eigenvalue weighted by Crippen LogP contribution is -2.69. The molecule has 0 aromatic rings. The summed E-state index contributed by atoms with van der Waals surface area (Å²) < 4.78 is 5.89. The molecule has 0 amide bonds. The number of nitrogens with zero attached hydrogens (tertiary/aromatic N) is 1. The van der Waals surface area contributed by atoms with Gasteiger partial charge in [0.25, 0.3) is 0 Å². The first-order valence-electron chi connectivity index (χ1n) is 7.98. The molecule has 3 nitrogen and oxygen atoms in total. The Morgan fingerprint density at radius 1 is 1.37 bits per heavy atom. The van der Waals surface area contributed by atoms with E-state index < -0.39 is 0 Å². The van der Waals surface area contributed by atoms with Crippen LogP contribution in [0.2, 0.25) is 0 Å². The monoisotopic (exact) mass is 268 g/mol. The molecule has 1 aliphatic heterocycles. The molecule has 0 aromatic carbocycles. The van der Waals surface area contributed by atoms with Crippen LogP contribution in [-0.2, 0) is 4.74 Å². The second kappa shape index (κ2) is 5.71. The summed E-state index contributed by atoms with van der Waals surface area (Å²) in [6, 6.07) is 1.96. The standard InChI is InChI=1S/C16H32N2O/c1-7-19-15-8-14(16(15,5)6)18-10-12(4)17-9-13(18)11(2)3/h11-15,17H,7-10H2,1-6H3. The Hall–Kier alpha value is -0.120. The second-order valence-electron chi connectivity index (χ2n) is 7.33. The molecule has 0 radical (unpaired) electrons. The van der Waals surface area contributed by atoms with E-state index in [-0.39, 0.29) is 0 Å². The van der Waals surface area contributed by atoms with Crippen LogP contribution in [0.1, 0.15) is 48.0 Å². The summed E-state index contributed by atoms with van der Waals surface area (Å²) in [5, 5.41) is 3.64. The molecule has 0 bridgehead atoms. The Labute approximate surface area is 119 Å². The molecule has 1 saturated heterocycles. The predicted octanol–water partition coefficient (Wildman–Crippen LogP) is 2.51. The van der Waals surface area contributed by atoms with Crippen molar-refractivity contribution in [2.45, 2.75) is 72.2 Å². The van der Waals surface area contributed by atoms with E-state index in [0.29, 0.717) is 35.6 Å². The van der Waals surface area contributed by atoms with E-state index in [2.05, 4.69) is 51.8 Å². The minimum atomic E-state index is 0.292. The molecule has 4 unspecified atom stereocenters. The lowest BCUT2D eigenvalue weighted by Gasteiger charge is -2.59. The SMILES string of the molecule is CCOC1CC(N2CC(C)NCC2C(C)C)C1(C)C. The van der Waals surface area contributed by atoms with Gasteiger partial charge in [-0.1, -0.05) is 27.7 Å². The van der Waals surface area contributed by atoms with Crippen molar-refractivity contribution in [2.24, 2.45) is 11.3 Å². The fraction of sp³-hybridized carbons (Fsp3) is 1.00. The smallest absolute Gasteiger partial charge is 0.0655 e. The zero-order valence-corrected chi connectivity index (χ0v) is 13.6. The molecule has 0 spiro atoms. The lowest BCUT2D eigenvalue weighted by atomic mass is 9.63. The van der Waals surface area contributed by atoms with E-state index in [1.54, 1.807) is 0 Å². The molecule has 2 fully saturated rings. The number of nitrogens with one attached hydrogen (secondary N) is 1. The van der Waals surface area contributed by atoms with Crippen molar-refractivity contribution in [3.8, 4) is 0 Å². The summed E-state index contributed by atoms with van der Waals surface area (Å²) in [6.45, 7) is 17.0. The third-order valence-corrected chi connectivity index (χ3v) is 5.25. The van der Waals surface area contributed by atoms with E-state index in [1.807, 2.05) is 0 Å². The van der Waals surface area contributed by atoms with Gasteiger partial charge in [0.2, 0.25) is 0 Å². The summed E-state index contributed by atoms with van der Waals surface area (Å²) in [5.41, 5.74) is 0.292. The van der Waals surface area contributed by atoms with Crippen molar-refractivity contribution in [3.05, 3.63) is 0 Å². The Bertz CT molecular complexity index is 303. The molecular formula is C16H32N2O. The molecule has 112 valence electrons. The van der Waals surface area contributed by atoms with Gasteiger partial charge in [-0.05, 0) is 26.2 Å². The van der Waals surface area contributed by atoms with E-state index in [9.17, 15) is 0 Å². The first-order chi connectivity index (χ1) is 8.87. The van der Waals surface area contributed by atoms with Gasteiger partial charge in [-0.2, -0.15) is 0 Å². The van der Waals surface area contributed by atoms with Gasteiger partial charge in [0.1, 0.15) is 0 Å². The summed E-state index contributed by atoms with van der Waals surface area (Å²) in [7, 11) is 0. The van der Waals surface area contributed by atoms with Crippen LogP contribution in [0.15, 0.2) is 0 Å². The van der Waals surface area contributed by atoms with Crippen molar-refractivity contribution in [3.63, 3.8) is 0 Å². The van der Waals surface area contributed by atoms with Gasteiger partial charge in [-0.15, -0.1) is 0 Å². The highest BCUT2D eigenvalue weighted by Crippen LogP contribution is 2.47. The van der Waals surface area contributed by atoms with Crippen LogP contribution in [0.4, 0.5) is 0 Å². The van der Waals surface area contributed by atoms with Crippen LogP contribution in [0.25, 0.3) is 0 Å². The van der Waals surface area contributed by atoms with Crippen LogP contribution < -0.4 is 5.32 Å². The van der Waals surface area contributed by atoms with Gasteiger partial charge in [0.15, 0.2) is 0 Å². The highest BCUT2D eigenvalue weighted by atomic mass is 16.5. The Balaban J connectivity index is 2.07. The fourth-order valence-electron chi connectivity index (χ4n) is 3.84. The maximum absolute atomic E-state index is 5.89. The summed E-state index contributed by atoms with van der Waals surface area (Å²) >= 11 is 0. The summed E-state index contributed by atoms with van der Waals surface area (Å²) in [6.07, 6.45) is 1.65. The molecule has 4 atom stereocenters. The molecule has 2 rings (SSSR count). The first kappa shape index (κ1) is 15.3. The van der Waals surface area contributed by atoms with E-state index in [0.717, 1.165) is 13.2 Å². The van der Waals surface area contributed by atoms with Crippen molar-refractivity contribution in [1.29, 1.82) is 0 Å². The molecule has 1 saturated carbocycles. The highest BCUT2D eigenvalue weighted by Gasteiger charge is 2.53. The van der Waals surface area contributed by atoms with Gasteiger partial charge < -0.3 is 10.1 Å². The maximum atomic E-state index is 5.89. The Morgan fingerprint density at radius 2 is 2.05 bits per heavy atom. The van der Waals surface area contributed by atoms with Crippen LogP contribution in [-0.4, -0.2) is 48.8 Å². The molecular weight excluding hydrogens is 236 g/mol. The molecule has 1 heterocycles. The Morgan fingerprint density at radius 3 is 2.58 bits per heavy atom. The number of hydrogen-bond donors (Lipinski definition) is 1. The minimum Gasteiger partial charge on any atom is -0.378 e. The van der Waals surface area contributed by atoms with Crippen molar-refractivity contribution >= 4 is 0 Å². The van der Waals surface area contributed by atoms with Crippen molar-refractivity contribution in [1.82, 2.24) is 10.2 Å². The molecule has 19 heavy (non-hydrogen) atoms. The van der Waals surface area contributed by atoms with E-state index >= 15 is 0 Å². The van der Waals surface area contributed by atoms with E-state index in [1.165, 1.54) is 13.0 Å². The minimum absolute atomic E-state index is 0.292. The van der Waals surface area contributed by atoms with Crippen molar-refractivity contribution in [2.75, 3.05) is 19.7 Å². The third kappa shape index (κ3) is 2.84. The van der Waals surface area contributed by atoms with Crippen LogP contribution in [0.3, 0.4) is 0 Å². The van der Waals surface area contributed by atoms with Crippen LogP contribution in [0.5, 0.6) is 0 Å². The topological polar surface area (TPSA) is 24.5 Å². The molecule has 1 N–H and O–H groups in total. The first-order valence-corrected chi connectivity index (χ1v) is 7.98. The lowest BCUT2D eigenvalue weighted by molar-refractivity contribution is -0.165. The largest absolute Gasteiger partial charge is 0.378 e. The predicted molar refractivity (Wildman–Crippen MR) is 80.4 cm³/mol. The average Bonchev–Trinajstić information content (AvgIpc) is 2.33. The van der Waals surface area contributed by atoms with Gasteiger partial charge in [0.05, 0.1) is 6.10 Å². The number of hydrogen-bond acceptors (Lipinski definition) is 3. The number of rotatable bonds is 4. The van der Waals surface area contributed by atoms with Crippen LogP contribution >= 0.6 is 0 Å².